The van der Waals surface area contributed by atoms with Crippen LogP contribution in [0.5, 0.6) is 11.6 Å². The quantitative estimate of drug-likeness (QED) is 0.293. The highest BCUT2D eigenvalue weighted by atomic mass is 35.5. The number of hydrogen-bond acceptors (Lipinski definition) is 7. The van der Waals surface area contributed by atoms with Gasteiger partial charge in [0.1, 0.15) is 5.75 Å². The first kappa shape index (κ1) is 20.7. The molecule has 0 radical (unpaired) electrons. The van der Waals surface area contributed by atoms with Gasteiger partial charge in [-0.15, -0.1) is 0 Å². The molecule has 9 heteroatoms. The number of imidazole rings is 1. The van der Waals surface area contributed by atoms with Crippen LogP contribution in [-0.2, 0) is 11.3 Å². The van der Waals surface area contributed by atoms with Crippen molar-refractivity contribution in [3.05, 3.63) is 77.4 Å². The molecule has 1 saturated heterocycles. The molecule has 0 amide bonds. The van der Waals surface area contributed by atoms with E-state index < -0.39 is 0 Å². The van der Waals surface area contributed by atoms with Crippen molar-refractivity contribution in [1.29, 1.82) is 0 Å². The normalized spacial score (nSPS) is 13.7. The molecule has 3 aromatic carbocycles. The number of nitrogens with zero attached hydrogens (tertiary/aromatic N) is 3. The van der Waals surface area contributed by atoms with Crippen LogP contribution >= 0.6 is 11.6 Å². The van der Waals surface area contributed by atoms with E-state index in [0.29, 0.717) is 29.2 Å². The maximum atomic E-state index is 6.00. The van der Waals surface area contributed by atoms with E-state index in [2.05, 4.69) is 36.6 Å². The number of halogens is 1. The van der Waals surface area contributed by atoms with E-state index in [9.17, 15) is 0 Å². The summed E-state index contributed by atoms with van der Waals surface area (Å²) in [5, 5.41) is 7.43. The van der Waals surface area contributed by atoms with Crippen molar-refractivity contribution in [2.24, 2.45) is 0 Å². The Labute approximate surface area is 200 Å². The van der Waals surface area contributed by atoms with E-state index in [1.807, 2.05) is 42.5 Å². The third-order valence-electron chi connectivity index (χ3n) is 5.58. The van der Waals surface area contributed by atoms with Gasteiger partial charge < -0.3 is 25.1 Å². The maximum Gasteiger partial charge on any atom is 0.238 e. The molecule has 0 atom stereocenters. The lowest BCUT2D eigenvalue weighted by Gasteiger charge is -2.27. The van der Waals surface area contributed by atoms with Crippen molar-refractivity contribution in [3.8, 4) is 11.6 Å². The Balaban J connectivity index is 1.08. The number of benzene rings is 3. The zero-order chi connectivity index (χ0) is 22.9. The first-order chi connectivity index (χ1) is 16.7. The minimum absolute atomic E-state index is 0.386. The highest BCUT2D eigenvalue weighted by Gasteiger charge is 2.17. The van der Waals surface area contributed by atoms with Gasteiger partial charge >= 0.3 is 0 Å². The summed E-state index contributed by atoms with van der Waals surface area (Å²) in [6, 6.07) is 19.7. The summed E-state index contributed by atoms with van der Waals surface area (Å²) in [5.41, 5.74) is 5.52. The minimum Gasteiger partial charge on any atom is -0.437 e. The van der Waals surface area contributed by atoms with E-state index in [-0.39, 0.29) is 0 Å². The molecule has 8 nitrogen and oxygen atoms in total. The van der Waals surface area contributed by atoms with Crippen LogP contribution in [0.15, 0.2) is 66.9 Å². The van der Waals surface area contributed by atoms with Gasteiger partial charge in [0.05, 0.1) is 47.5 Å². The van der Waals surface area contributed by atoms with E-state index in [1.54, 1.807) is 18.3 Å². The molecule has 0 unspecified atom stereocenters. The zero-order valence-electron chi connectivity index (χ0n) is 18.1. The molecule has 1 fully saturated rings. The van der Waals surface area contributed by atoms with E-state index in [0.717, 1.165) is 52.5 Å². The van der Waals surface area contributed by atoms with Gasteiger partial charge in [-0.1, -0.05) is 23.7 Å². The molecule has 1 aliphatic heterocycles. The molecule has 3 heterocycles. The first-order valence-electron chi connectivity index (χ1n) is 10.9. The van der Waals surface area contributed by atoms with Gasteiger partial charge in [-0.3, -0.25) is 0 Å². The van der Waals surface area contributed by atoms with E-state index in [1.165, 1.54) is 0 Å². The molecule has 0 saturated carbocycles. The number of fused-ring (bicyclic) bond motifs is 2. The topological polar surface area (TPSA) is 97.0 Å². The standard InChI is InChI=1S/C25H21ClN6O2/c26-16-3-7-20-22(9-16)27-12-24(30-20)34-19-5-1-15(2-6-19)11-28-25-31-21-8-4-17(10-23(21)32-25)29-18-13-33-14-18/h1-10,12,18,29H,11,13-14H2,(H2,28,31,32). The van der Waals surface area contributed by atoms with Crippen molar-refractivity contribution in [1.82, 2.24) is 19.9 Å². The smallest absolute Gasteiger partial charge is 0.238 e. The number of anilines is 2. The van der Waals surface area contributed by atoms with Crippen molar-refractivity contribution in [2.45, 2.75) is 12.6 Å². The molecular weight excluding hydrogens is 452 g/mol. The number of H-pyrrole nitrogens is 1. The lowest BCUT2D eigenvalue weighted by molar-refractivity contribution is 0.0211. The number of aromatic nitrogens is 4. The Kier molecular flexibility index (Phi) is 5.37. The van der Waals surface area contributed by atoms with Gasteiger partial charge in [0, 0.05) is 17.3 Å². The van der Waals surface area contributed by atoms with Crippen LogP contribution in [0.2, 0.25) is 5.02 Å². The van der Waals surface area contributed by atoms with Gasteiger partial charge in [0.15, 0.2) is 0 Å². The lowest BCUT2D eigenvalue weighted by Crippen LogP contribution is -2.40. The summed E-state index contributed by atoms with van der Waals surface area (Å²) in [7, 11) is 0. The summed E-state index contributed by atoms with van der Waals surface area (Å²) in [6.45, 7) is 2.13. The summed E-state index contributed by atoms with van der Waals surface area (Å²) in [5.74, 6) is 1.85. The van der Waals surface area contributed by atoms with Gasteiger partial charge in [-0.05, 0) is 54.1 Å². The van der Waals surface area contributed by atoms with Crippen LogP contribution in [-0.4, -0.2) is 39.2 Å². The van der Waals surface area contributed by atoms with E-state index in [4.69, 9.17) is 21.1 Å². The molecule has 0 spiro atoms. The minimum atomic E-state index is 0.386. The Hall–Kier alpha value is -3.88. The Morgan fingerprint density at radius 2 is 1.82 bits per heavy atom. The van der Waals surface area contributed by atoms with Crippen molar-refractivity contribution in [3.63, 3.8) is 0 Å². The molecule has 3 N–H and O–H groups in total. The summed E-state index contributed by atoms with van der Waals surface area (Å²) < 4.78 is 11.1. The number of ether oxygens (including phenoxy) is 2. The zero-order valence-corrected chi connectivity index (χ0v) is 18.8. The third kappa shape index (κ3) is 4.46. The molecule has 0 aliphatic carbocycles. The van der Waals surface area contributed by atoms with Crippen LogP contribution in [0.1, 0.15) is 5.56 Å². The van der Waals surface area contributed by atoms with Crippen molar-refractivity contribution < 1.29 is 9.47 Å². The molecule has 170 valence electrons. The summed E-state index contributed by atoms with van der Waals surface area (Å²) >= 11 is 6.00. The van der Waals surface area contributed by atoms with Crippen molar-refractivity contribution >= 4 is 45.3 Å². The Morgan fingerprint density at radius 1 is 0.971 bits per heavy atom. The third-order valence-corrected chi connectivity index (χ3v) is 5.81. The Morgan fingerprint density at radius 3 is 2.65 bits per heavy atom. The predicted octanol–water partition coefficient (Wildman–Crippen LogP) is 5.37. The second-order valence-corrected chi connectivity index (χ2v) is 8.57. The largest absolute Gasteiger partial charge is 0.437 e. The fourth-order valence-corrected chi connectivity index (χ4v) is 3.90. The maximum absolute atomic E-state index is 6.00. The predicted molar refractivity (Wildman–Crippen MR) is 133 cm³/mol. The van der Waals surface area contributed by atoms with Crippen LogP contribution < -0.4 is 15.4 Å². The van der Waals surface area contributed by atoms with Gasteiger partial charge in [-0.25, -0.2) is 15.0 Å². The van der Waals surface area contributed by atoms with Gasteiger partial charge in [0.25, 0.3) is 0 Å². The second-order valence-electron chi connectivity index (χ2n) is 8.14. The molecular formula is C25H21ClN6O2. The van der Waals surface area contributed by atoms with Crippen LogP contribution in [0.3, 0.4) is 0 Å². The fourth-order valence-electron chi connectivity index (χ4n) is 3.74. The van der Waals surface area contributed by atoms with Crippen molar-refractivity contribution in [2.75, 3.05) is 23.8 Å². The monoisotopic (exact) mass is 472 g/mol. The van der Waals surface area contributed by atoms with Gasteiger partial charge in [0.2, 0.25) is 11.8 Å². The first-order valence-corrected chi connectivity index (χ1v) is 11.3. The highest BCUT2D eigenvalue weighted by Crippen LogP contribution is 2.24. The number of nitrogens with one attached hydrogen (secondary N) is 3. The second kappa shape index (κ2) is 8.81. The van der Waals surface area contributed by atoms with E-state index >= 15 is 0 Å². The van der Waals surface area contributed by atoms with Gasteiger partial charge in [-0.2, -0.15) is 0 Å². The fraction of sp³-hybridized carbons (Fsp3) is 0.160. The molecule has 0 bridgehead atoms. The molecule has 1 aliphatic rings. The lowest BCUT2D eigenvalue weighted by atomic mass is 10.2. The molecule has 6 rings (SSSR count). The number of hydrogen-bond donors (Lipinski definition) is 3. The molecule has 34 heavy (non-hydrogen) atoms. The summed E-state index contributed by atoms with van der Waals surface area (Å²) in [6.07, 6.45) is 1.59. The van der Waals surface area contributed by atoms with Crippen LogP contribution in [0.25, 0.3) is 22.1 Å². The highest BCUT2D eigenvalue weighted by molar-refractivity contribution is 6.31. The van der Waals surface area contributed by atoms with Crippen LogP contribution in [0, 0.1) is 0 Å². The molecule has 5 aromatic rings. The average Bonchev–Trinajstić information content (AvgIpc) is 3.23. The Bertz CT molecular complexity index is 1470. The number of aromatic amines is 1. The van der Waals surface area contributed by atoms with Crippen LogP contribution in [0.4, 0.5) is 11.6 Å². The number of rotatable bonds is 7. The summed E-state index contributed by atoms with van der Waals surface area (Å²) in [4.78, 5) is 16.8. The SMILES string of the molecule is Clc1ccc2nc(Oc3ccc(CNc4nc5ccc(NC6COC6)cc5[nH]4)cc3)cnc2c1. The average molecular weight is 473 g/mol. The molecule has 2 aromatic heterocycles.